The molecule has 0 aliphatic rings. The van der Waals surface area contributed by atoms with Crippen molar-refractivity contribution in [3.63, 3.8) is 0 Å². The highest BCUT2D eigenvalue weighted by Crippen LogP contribution is 2.36. The molecule has 0 radical (unpaired) electrons. The lowest BCUT2D eigenvalue weighted by atomic mass is 9.94. The molecule has 0 aliphatic heterocycles. The molecule has 0 aliphatic carbocycles. The number of nitrogens with two attached hydrogens (primary N) is 1. The topological polar surface area (TPSA) is 150 Å². The van der Waals surface area contributed by atoms with Gasteiger partial charge >= 0.3 is 0 Å². The van der Waals surface area contributed by atoms with Crippen molar-refractivity contribution < 1.29 is 4.92 Å². The number of hydrogen-bond donors (Lipinski definition) is 2. The molecular formula is C14H9N5O3. The van der Waals surface area contributed by atoms with Crippen LogP contribution in [-0.4, -0.2) is 9.91 Å². The first-order valence-electron chi connectivity index (χ1n) is 6.02. The van der Waals surface area contributed by atoms with Gasteiger partial charge in [-0.1, -0.05) is 12.1 Å². The fraction of sp³-hybridized carbons (Fsp3) is 0.0714. The normalized spacial score (nSPS) is 9.77. The summed E-state index contributed by atoms with van der Waals surface area (Å²) >= 11 is 0. The lowest BCUT2D eigenvalue weighted by Crippen LogP contribution is -2.16. The molecule has 22 heavy (non-hydrogen) atoms. The lowest BCUT2D eigenvalue weighted by molar-refractivity contribution is -0.384. The van der Waals surface area contributed by atoms with Crippen LogP contribution in [0.25, 0.3) is 11.1 Å². The van der Waals surface area contributed by atoms with E-state index in [0.717, 1.165) is 0 Å². The number of hydrogen-bond acceptors (Lipinski definition) is 6. The zero-order chi connectivity index (χ0) is 16.4. The number of para-hydroxylation sites is 1. The standard InChI is InChI=1S/C14H9N5O3/c1-7-3-2-4-8(12(7)19(21)22)11-9(5-15)13(17)18-14(20)10(11)6-16/h2-4H,1H3,(H3,17,18,20). The Hall–Kier alpha value is -3.65. The highest BCUT2D eigenvalue weighted by Gasteiger charge is 2.26. The van der Waals surface area contributed by atoms with Crippen molar-refractivity contribution in [1.29, 1.82) is 10.5 Å². The number of nitrogens with one attached hydrogen (secondary N) is 1. The summed E-state index contributed by atoms with van der Waals surface area (Å²) in [6.07, 6.45) is 0. The Morgan fingerprint density at radius 3 is 2.45 bits per heavy atom. The minimum Gasteiger partial charge on any atom is -0.384 e. The Morgan fingerprint density at radius 1 is 1.27 bits per heavy atom. The zero-order valence-electron chi connectivity index (χ0n) is 11.4. The van der Waals surface area contributed by atoms with Gasteiger partial charge in [0, 0.05) is 11.1 Å². The number of nitriles is 2. The average molecular weight is 295 g/mol. The summed E-state index contributed by atoms with van der Waals surface area (Å²) in [6.45, 7) is 1.52. The molecule has 1 aromatic carbocycles. The van der Waals surface area contributed by atoms with Gasteiger partial charge in [0.15, 0.2) is 0 Å². The molecule has 2 aromatic rings. The molecule has 3 N–H and O–H groups in total. The second-order valence-corrected chi connectivity index (χ2v) is 4.44. The van der Waals surface area contributed by atoms with Crippen LogP contribution in [-0.2, 0) is 0 Å². The van der Waals surface area contributed by atoms with Gasteiger partial charge in [-0.25, -0.2) is 0 Å². The number of aromatic nitrogens is 1. The van der Waals surface area contributed by atoms with Crippen molar-refractivity contribution in [2.45, 2.75) is 6.92 Å². The summed E-state index contributed by atoms with van der Waals surface area (Å²) in [5.41, 5.74) is 4.19. The lowest BCUT2D eigenvalue weighted by Gasteiger charge is -2.10. The van der Waals surface area contributed by atoms with Gasteiger partial charge in [0.05, 0.1) is 10.5 Å². The van der Waals surface area contributed by atoms with E-state index in [1.165, 1.54) is 25.1 Å². The van der Waals surface area contributed by atoms with E-state index in [0.29, 0.717) is 5.56 Å². The van der Waals surface area contributed by atoms with E-state index < -0.39 is 10.5 Å². The number of aromatic amines is 1. The first-order chi connectivity index (χ1) is 10.4. The van der Waals surface area contributed by atoms with Crippen LogP contribution < -0.4 is 11.3 Å². The Labute approximate surface area is 124 Å². The van der Waals surface area contributed by atoms with Crippen LogP contribution in [0.3, 0.4) is 0 Å². The number of nitrogens with zero attached hydrogens (tertiary/aromatic N) is 3. The van der Waals surface area contributed by atoms with Crippen LogP contribution in [0, 0.1) is 39.7 Å². The number of rotatable bonds is 2. The molecule has 0 unspecified atom stereocenters. The minimum absolute atomic E-state index is 0.0101. The molecule has 0 atom stereocenters. The van der Waals surface area contributed by atoms with Crippen LogP contribution in [0.5, 0.6) is 0 Å². The van der Waals surface area contributed by atoms with Crippen molar-refractivity contribution >= 4 is 11.5 Å². The van der Waals surface area contributed by atoms with Gasteiger partial charge in [-0.2, -0.15) is 10.5 Å². The van der Waals surface area contributed by atoms with Crippen LogP contribution in [0.4, 0.5) is 11.5 Å². The predicted octanol–water partition coefficient (Wildman–Crippen LogP) is 1.58. The van der Waals surface area contributed by atoms with E-state index in [1.807, 2.05) is 0 Å². The summed E-state index contributed by atoms with van der Waals surface area (Å²) < 4.78 is 0. The Kier molecular flexibility index (Phi) is 3.61. The first-order valence-corrected chi connectivity index (χ1v) is 6.02. The van der Waals surface area contributed by atoms with E-state index in [9.17, 15) is 25.4 Å². The Morgan fingerprint density at radius 2 is 1.91 bits per heavy atom. The summed E-state index contributed by atoms with van der Waals surface area (Å²) in [5.74, 6) is -0.239. The van der Waals surface area contributed by atoms with Gasteiger partial charge in [0.1, 0.15) is 29.1 Å². The monoisotopic (exact) mass is 295 g/mol. The molecule has 0 bridgehead atoms. The third-order valence-electron chi connectivity index (χ3n) is 3.16. The summed E-state index contributed by atoms with van der Waals surface area (Å²) in [4.78, 5) is 24.7. The number of nitro groups is 1. The number of aryl methyl sites for hydroxylation is 1. The van der Waals surface area contributed by atoms with Crippen molar-refractivity contribution in [3.8, 4) is 23.3 Å². The molecule has 0 fully saturated rings. The van der Waals surface area contributed by atoms with Gasteiger partial charge in [0.25, 0.3) is 11.2 Å². The van der Waals surface area contributed by atoms with Crippen LogP contribution >= 0.6 is 0 Å². The summed E-state index contributed by atoms with van der Waals surface area (Å²) in [7, 11) is 0. The molecule has 1 heterocycles. The number of nitrogen functional groups attached to an aromatic ring is 1. The third-order valence-corrected chi connectivity index (χ3v) is 3.16. The fourth-order valence-electron chi connectivity index (χ4n) is 2.22. The molecule has 0 amide bonds. The summed E-state index contributed by atoms with van der Waals surface area (Å²) in [6, 6.07) is 7.90. The number of pyridine rings is 1. The van der Waals surface area contributed by atoms with Gasteiger partial charge in [0.2, 0.25) is 0 Å². The summed E-state index contributed by atoms with van der Waals surface area (Å²) in [5, 5.41) is 29.7. The van der Waals surface area contributed by atoms with Crippen molar-refractivity contribution in [2.24, 2.45) is 0 Å². The smallest absolute Gasteiger partial charge is 0.280 e. The van der Waals surface area contributed by atoms with Crippen LogP contribution in [0.15, 0.2) is 23.0 Å². The van der Waals surface area contributed by atoms with Gasteiger partial charge in [-0.3, -0.25) is 14.9 Å². The highest BCUT2D eigenvalue weighted by molar-refractivity contribution is 5.85. The molecule has 2 rings (SSSR count). The predicted molar refractivity (Wildman–Crippen MR) is 77.7 cm³/mol. The Bertz CT molecular complexity index is 931. The van der Waals surface area contributed by atoms with E-state index >= 15 is 0 Å². The SMILES string of the molecule is Cc1cccc(-c2c(C#N)c(N)[nH]c(=O)c2C#N)c1[N+](=O)[O-]. The largest absolute Gasteiger partial charge is 0.384 e. The molecular weight excluding hydrogens is 286 g/mol. The minimum atomic E-state index is -0.801. The van der Waals surface area contributed by atoms with E-state index in [4.69, 9.17) is 5.73 Å². The quantitative estimate of drug-likeness (QED) is 0.634. The molecule has 0 saturated carbocycles. The maximum atomic E-state index is 11.9. The van der Waals surface area contributed by atoms with E-state index in [1.54, 1.807) is 12.1 Å². The number of benzene rings is 1. The Balaban J connectivity index is 3.06. The molecule has 1 aromatic heterocycles. The van der Waals surface area contributed by atoms with E-state index in [-0.39, 0.29) is 33.8 Å². The number of anilines is 1. The van der Waals surface area contributed by atoms with Crippen molar-refractivity contribution in [3.05, 3.63) is 55.4 Å². The second-order valence-electron chi connectivity index (χ2n) is 4.44. The van der Waals surface area contributed by atoms with Gasteiger partial charge in [-0.15, -0.1) is 0 Å². The number of H-pyrrole nitrogens is 1. The highest BCUT2D eigenvalue weighted by atomic mass is 16.6. The molecule has 8 nitrogen and oxygen atoms in total. The maximum Gasteiger partial charge on any atom is 0.280 e. The molecule has 108 valence electrons. The van der Waals surface area contributed by atoms with Crippen molar-refractivity contribution in [1.82, 2.24) is 4.98 Å². The maximum absolute atomic E-state index is 11.9. The third kappa shape index (κ3) is 2.15. The molecule has 8 heteroatoms. The fourth-order valence-corrected chi connectivity index (χ4v) is 2.22. The van der Waals surface area contributed by atoms with Gasteiger partial charge in [-0.05, 0) is 13.0 Å². The molecule has 0 saturated heterocycles. The zero-order valence-corrected chi connectivity index (χ0v) is 11.4. The molecule has 0 spiro atoms. The average Bonchev–Trinajstić information content (AvgIpc) is 2.45. The van der Waals surface area contributed by atoms with Crippen molar-refractivity contribution in [2.75, 3.05) is 5.73 Å². The first kappa shape index (κ1) is 14.8. The number of nitro benzene ring substituents is 1. The van der Waals surface area contributed by atoms with Crippen LogP contribution in [0.2, 0.25) is 0 Å². The van der Waals surface area contributed by atoms with E-state index in [2.05, 4.69) is 4.98 Å². The van der Waals surface area contributed by atoms with Gasteiger partial charge < -0.3 is 10.7 Å². The van der Waals surface area contributed by atoms with Crippen LogP contribution in [0.1, 0.15) is 16.7 Å². The second kappa shape index (κ2) is 5.38.